The standard InChI is InChI=1S/C15H23N3OS/c1-10(2)12-7-11(8-13(16-3)18-12)14(19)17-9-15(20-4)5-6-15/h7-8,10H,5-6,9H2,1-4H3,(H,16,18)(H,17,19). The number of pyridine rings is 1. The fourth-order valence-electron chi connectivity index (χ4n) is 2.04. The topological polar surface area (TPSA) is 54.0 Å². The molecule has 0 unspecified atom stereocenters. The summed E-state index contributed by atoms with van der Waals surface area (Å²) >= 11 is 1.85. The van der Waals surface area contributed by atoms with Gasteiger partial charge in [-0.2, -0.15) is 11.8 Å². The van der Waals surface area contributed by atoms with Gasteiger partial charge in [-0.15, -0.1) is 0 Å². The third-order valence-corrected chi connectivity index (χ3v) is 5.19. The van der Waals surface area contributed by atoms with Crippen LogP contribution < -0.4 is 10.6 Å². The molecule has 1 aromatic heterocycles. The molecule has 2 rings (SSSR count). The SMILES string of the molecule is CNc1cc(C(=O)NCC2(SC)CC2)cc(C(C)C)n1. The number of nitrogens with zero attached hydrogens (tertiary/aromatic N) is 1. The molecule has 110 valence electrons. The molecule has 20 heavy (non-hydrogen) atoms. The minimum atomic E-state index is -0.00822. The molecule has 1 aromatic rings. The number of amides is 1. The van der Waals surface area contributed by atoms with Gasteiger partial charge in [-0.3, -0.25) is 4.79 Å². The number of anilines is 1. The average Bonchev–Trinajstić information content (AvgIpc) is 3.24. The summed E-state index contributed by atoms with van der Waals surface area (Å²) in [7, 11) is 1.82. The van der Waals surface area contributed by atoms with Crippen molar-refractivity contribution in [3.05, 3.63) is 23.4 Å². The Bertz CT molecular complexity index is 498. The normalized spacial score (nSPS) is 16.1. The molecule has 0 saturated heterocycles. The summed E-state index contributed by atoms with van der Waals surface area (Å²) < 4.78 is 0.287. The number of thioether (sulfide) groups is 1. The summed E-state index contributed by atoms with van der Waals surface area (Å²) in [6.07, 6.45) is 4.51. The van der Waals surface area contributed by atoms with Gasteiger partial charge in [-0.1, -0.05) is 13.8 Å². The molecule has 1 saturated carbocycles. The Hall–Kier alpha value is -1.23. The van der Waals surface area contributed by atoms with Gasteiger partial charge in [-0.25, -0.2) is 4.98 Å². The predicted molar refractivity (Wildman–Crippen MR) is 85.7 cm³/mol. The fraction of sp³-hybridized carbons (Fsp3) is 0.600. The molecule has 1 fully saturated rings. The Morgan fingerprint density at radius 3 is 2.65 bits per heavy atom. The third kappa shape index (κ3) is 3.45. The lowest BCUT2D eigenvalue weighted by molar-refractivity contribution is 0.0953. The second-order valence-electron chi connectivity index (χ2n) is 5.64. The van der Waals surface area contributed by atoms with E-state index >= 15 is 0 Å². The zero-order chi connectivity index (χ0) is 14.8. The number of carbonyl (C=O) groups is 1. The maximum atomic E-state index is 12.3. The van der Waals surface area contributed by atoms with E-state index in [-0.39, 0.29) is 10.7 Å². The second kappa shape index (κ2) is 6.04. The van der Waals surface area contributed by atoms with E-state index in [9.17, 15) is 4.79 Å². The third-order valence-electron chi connectivity index (χ3n) is 3.77. The van der Waals surface area contributed by atoms with Crippen LogP contribution in [0, 0.1) is 0 Å². The van der Waals surface area contributed by atoms with Crippen molar-refractivity contribution in [2.75, 3.05) is 25.2 Å². The molecule has 0 aromatic carbocycles. The molecule has 2 N–H and O–H groups in total. The molecule has 1 aliphatic carbocycles. The van der Waals surface area contributed by atoms with E-state index in [4.69, 9.17) is 0 Å². The van der Waals surface area contributed by atoms with E-state index in [0.717, 1.165) is 18.1 Å². The van der Waals surface area contributed by atoms with Crippen LogP contribution in [0.3, 0.4) is 0 Å². The van der Waals surface area contributed by atoms with Crippen molar-refractivity contribution in [3.8, 4) is 0 Å². The number of carbonyl (C=O) groups excluding carboxylic acids is 1. The van der Waals surface area contributed by atoms with Gasteiger partial charge in [0, 0.05) is 29.6 Å². The number of aromatic nitrogens is 1. The minimum Gasteiger partial charge on any atom is -0.373 e. The van der Waals surface area contributed by atoms with Crippen molar-refractivity contribution < 1.29 is 4.79 Å². The van der Waals surface area contributed by atoms with E-state index in [1.54, 1.807) is 6.07 Å². The second-order valence-corrected chi connectivity index (χ2v) is 6.91. The van der Waals surface area contributed by atoms with Crippen molar-refractivity contribution >= 4 is 23.5 Å². The highest BCUT2D eigenvalue weighted by Gasteiger charge is 2.41. The van der Waals surface area contributed by atoms with Crippen molar-refractivity contribution in [2.24, 2.45) is 0 Å². The van der Waals surface area contributed by atoms with Gasteiger partial charge in [0.15, 0.2) is 0 Å². The van der Waals surface area contributed by atoms with Crippen molar-refractivity contribution in [1.29, 1.82) is 0 Å². The highest BCUT2D eigenvalue weighted by atomic mass is 32.2. The van der Waals surface area contributed by atoms with E-state index in [1.807, 2.05) is 24.9 Å². The lowest BCUT2D eigenvalue weighted by Crippen LogP contribution is -2.31. The van der Waals surface area contributed by atoms with Gasteiger partial charge in [-0.05, 0) is 37.1 Å². The van der Waals surface area contributed by atoms with Gasteiger partial charge in [0.25, 0.3) is 5.91 Å². The van der Waals surface area contributed by atoms with Crippen LogP contribution in [0.4, 0.5) is 5.82 Å². The Morgan fingerprint density at radius 1 is 1.45 bits per heavy atom. The monoisotopic (exact) mass is 293 g/mol. The molecule has 0 atom stereocenters. The van der Waals surface area contributed by atoms with Crippen LogP contribution in [0.5, 0.6) is 0 Å². The summed E-state index contributed by atoms with van der Waals surface area (Å²) in [5.74, 6) is 1.04. The molecule has 0 radical (unpaired) electrons. The zero-order valence-corrected chi connectivity index (χ0v) is 13.4. The number of hydrogen-bond acceptors (Lipinski definition) is 4. The van der Waals surface area contributed by atoms with E-state index in [1.165, 1.54) is 12.8 Å². The quantitative estimate of drug-likeness (QED) is 0.847. The summed E-state index contributed by atoms with van der Waals surface area (Å²) in [4.78, 5) is 16.8. The van der Waals surface area contributed by atoms with Crippen LogP contribution in [0.1, 0.15) is 48.7 Å². The molecule has 5 heteroatoms. The van der Waals surface area contributed by atoms with Crippen molar-refractivity contribution in [2.45, 2.75) is 37.4 Å². The molecular weight excluding hydrogens is 270 g/mol. The van der Waals surface area contributed by atoms with Gasteiger partial charge in [0.05, 0.1) is 0 Å². The lowest BCUT2D eigenvalue weighted by atomic mass is 10.1. The molecule has 1 amide bonds. The molecule has 1 aliphatic rings. The van der Waals surface area contributed by atoms with Crippen LogP contribution in [0.2, 0.25) is 0 Å². The highest BCUT2D eigenvalue weighted by Crippen LogP contribution is 2.46. The van der Waals surface area contributed by atoms with Crippen molar-refractivity contribution in [1.82, 2.24) is 10.3 Å². The Kier molecular flexibility index (Phi) is 4.58. The molecule has 0 bridgehead atoms. The Balaban J connectivity index is 2.10. The lowest BCUT2D eigenvalue weighted by Gasteiger charge is -2.14. The summed E-state index contributed by atoms with van der Waals surface area (Å²) in [5, 5.41) is 6.07. The van der Waals surface area contributed by atoms with E-state index < -0.39 is 0 Å². The van der Waals surface area contributed by atoms with E-state index in [0.29, 0.717) is 11.5 Å². The van der Waals surface area contributed by atoms with Gasteiger partial charge in [0.1, 0.15) is 5.82 Å². The molecule has 0 spiro atoms. The van der Waals surface area contributed by atoms with Crippen LogP contribution in [-0.4, -0.2) is 35.5 Å². The maximum absolute atomic E-state index is 12.3. The number of hydrogen-bond donors (Lipinski definition) is 2. The van der Waals surface area contributed by atoms with Crippen molar-refractivity contribution in [3.63, 3.8) is 0 Å². The molecule has 4 nitrogen and oxygen atoms in total. The van der Waals surface area contributed by atoms with Gasteiger partial charge >= 0.3 is 0 Å². The van der Waals surface area contributed by atoms with Crippen LogP contribution in [0.25, 0.3) is 0 Å². The van der Waals surface area contributed by atoms with Crippen LogP contribution >= 0.6 is 11.8 Å². The van der Waals surface area contributed by atoms with E-state index in [2.05, 4.69) is 35.7 Å². The van der Waals surface area contributed by atoms with Crippen LogP contribution in [-0.2, 0) is 0 Å². The van der Waals surface area contributed by atoms with Gasteiger partial charge in [0.2, 0.25) is 0 Å². The van der Waals surface area contributed by atoms with Crippen LogP contribution in [0.15, 0.2) is 12.1 Å². The minimum absolute atomic E-state index is 0.00822. The first kappa shape index (κ1) is 15.2. The largest absolute Gasteiger partial charge is 0.373 e. The Morgan fingerprint density at radius 2 is 2.15 bits per heavy atom. The first-order valence-corrected chi connectivity index (χ1v) is 8.25. The maximum Gasteiger partial charge on any atom is 0.251 e. The molecular formula is C15H23N3OS. The first-order chi connectivity index (χ1) is 9.49. The number of nitrogens with one attached hydrogen (secondary N) is 2. The first-order valence-electron chi connectivity index (χ1n) is 7.03. The zero-order valence-electron chi connectivity index (χ0n) is 12.6. The molecule has 0 aliphatic heterocycles. The molecule has 1 heterocycles. The Labute approximate surface area is 125 Å². The predicted octanol–water partition coefficient (Wildman–Crippen LogP) is 2.87. The van der Waals surface area contributed by atoms with Gasteiger partial charge < -0.3 is 10.6 Å². The highest BCUT2D eigenvalue weighted by molar-refractivity contribution is 8.00. The smallest absolute Gasteiger partial charge is 0.251 e. The summed E-state index contributed by atoms with van der Waals surface area (Å²) in [6, 6.07) is 3.69. The average molecular weight is 293 g/mol. The summed E-state index contributed by atoms with van der Waals surface area (Å²) in [5.41, 5.74) is 1.62. The fourth-order valence-corrected chi connectivity index (χ4v) is 2.77. The summed E-state index contributed by atoms with van der Waals surface area (Å²) in [6.45, 7) is 4.91. The number of rotatable bonds is 6.